The normalized spacial score (nSPS) is 13.4. The molecule has 1 aromatic heterocycles. The van der Waals surface area contributed by atoms with Crippen LogP contribution in [0.5, 0.6) is 0 Å². The van der Waals surface area contributed by atoms with Gasteiger partial charge >= 0.3 is 35.0 Å². The van der Waals surface area contributed by atoms with Crippen LogP contribution in [0.3, 0.4) is 0 Å². The molecule has 2 heterocycles. The van der Waals surface area contributed by atoms with Gasteiger partial charge in [0.05, 0.1) is 5.02 Å². The van der Waals surface area contributed by atoms with E-state index in [1.165, 1.54) is 66.9 Å². The molecule has 0 N–H and O–H groups in total. The molecule has 0 fully saturated rings. The van der Waals surface area contributed by atoms with Gasteiger partial charge in [0.1, 0.15) is 0 Å². The third kappa shape index (κ3) is 7.61. The molecule has 1 aliphatic heterocycles. The number of anilines is 2. The van der Waals surface area contributed by atoms with Crippen LogP contribution in [0.25, 0.3) is 22.2 Å². The Morgan fingerprint density at radius 1 is 0.571 bits per heavy atom. The van der Waals surface area contributed by atoms with Crippen molar-refractivity contribution in [1.29, 1.82) is 0 Å². The standard InChI is InChI=1S/C37H41N2.C5H4ClN.2ClH.Pd/c1-22(2)27-15-11-16-28(23(3)4)34(27)38-21-39(35-29(24(5)6)17-12-18-30(35)25(7)8)37-32-20-10-14-26-13-9-19-31(33(26)32)36(37)38;6-5-2-1-3-7-4-5;;;/h9-25H,1-8H3;1-4H;2*1H;/q-1;;;;+2/p-2. The maximum absolute atomic E-state index is 5.48. The van der Waals surface area contributed by atoms with Crippen LogP contribution in [0.4, 0.5) is 11.4 Å². The van der Waals surface area contributed by atoms with E-state index >= 15 is 0 Å². The van der Waals surface area contributed by atoms with Gasteiger partial charge in [0.2, 0.25) is 0 Å². The predicted molar refractivity (Wildman–Crippen MR) is 210 cm³/mol. The molecule has 5 aromatic rings. The number of benzene rings is 4. The van der Waals surface area contributed by atoms with Crippen molar-refractivity contribution < 1.29 is 15.9 Å². The molecule has 260 valence electrons. The Kier molecular flexibility index (Phi) is 12.6. The fourth-order valence-electron chi connectivity index (χ4n) is 6.97. The number of nitrogens with zero attached hydrogens (tertiary/aromatic N) is 3. The van der Waals surface area contributed by atoms with Gasteiger partial charge in [-0.25, -0.2) is 0 Å². The number of hydrogen-bond acceptors (Lipinski definition) is 3. The molecule has 49 heavy (non-hydrogen) atoms. The number of fused-ring (bicyclic) bond motifs is 2. The Labute approximate surface area is 314 Å². The van der Waals surface area contributed by atoms with Crippen LogP contribution in [-0.2, 0) is 15.9 Å². The zero-order chi connectivity index (χ0) is 35.4. The Hall–Kier alpha value is -2.84. The summed E-state index contributed by atoms with van der Waals surface area (Å²) in [5.74, 6) is 1.66. The first kappa shape index (κ1) is 37.4. The molecular weight excluding hydrogens is 759 g/mol. The Bertz CT molecular complexity index is 1770. The topological polar surface area (TPSA) is 19.4 Å². The maximum atomic E-state index is 5.48. The van der Waals surface area contributed by atoms with Crippen LogP contribution in [0, 0.1) is 6.67 Å². The van der Waals surface area contributed by atoms with E-state index in [1.54, 1.807) is 24.5 Å². The van der Waals surface area contributed by atoms with E-state index in [2.05, 4.69) is 150 Å². The number of aromatic nitrogens is 1. The minimum atomic E-state index is -0.106. The fraction of sp³-hybridized carbons (Fsp3) is 0.286. The fourth-order valence-corrected chi connectivity index (χ4v) is 7.10. The van der Waals surface area contributed by atoms with Crippen LogP contribution in [0.1, 0.15) is 112 Å². The average molecular weight is 805 g/mol. The number of pyridine rings is 1. The van der Waals surface area contributed by atoms with Gasteiger partial charge in [-0.1, -0.05) is 140 Å². The third-order valence-electron chi connectivity index (χ3n) is 9.14. The molecule has 0 bridgehead atoms. The van der Waals surface area contributed by atoms with Gasteiger partial charge in [0.15, 0.2) is 0 Å². The van der Waals surface area contributed by atoms with Gasteiger partial charge in [-0.05, 0) is 63.4 Å². The van der Waals surface area contributed by atoms with Crippen molar-refractivity contribution in [3.8, 4) is 0 Å². The van der Waals surface area contributed by atoms with Crippen molar-refractivity contribution in [1.82, 2.24) is 4.98 Å². The summed E-state index contributed by atoms with van der Waals surface area (Å²) < 4.78 is 0. The summed E-state index contributed by atoms with van der Waals surface area (Å²) >= 11 is 5.37. The van der Waals surface area contributed by atoms with Crippen molar-refractivity contribution in [2.24, 2.45) is 0 Å². The van der Waals surface area contributed by atoms with Crippen molar-refractivity contribution >= 4 is 64.2 Å². The van der Waals surface area contributed by atoms with Crippen LogP contribution in [0.2, 0.25) is 5.02 Å². The van der Waals surface area contributed by atoms with Gasteiger partial charge < -0.3 is 9.80 Å². The summed E-state index contributed by atoms with van der Waals surface area (Å²) in [5.41, 5.74) is 13.6. The number of para-hydroxylation sites is 2. The number of hydrogen-bond donors (Lipinski definition) is 0. The summed E-state index contributed by atoms with van der Waals surface area (Å²) in [6.07, 6.45) is 3.29. The second kappa shape index (κ2) is 16.5. The second-order valence-electron chi connectivity index (χ2n) is 13.7. The van der Waals surface area contributed by atoms with Gasteiger partial charge in [-0.3, -0.25) is 4.98 Å². The van der Waals surface area contributed by atoms with Crippen molar-refractivity contribution in [2.45, 2.75) is 79.1 Å². The summed E-state index contributed by atoms with van der Waals surface area (Å²) in [4.78, 5) is 8.83. The van der Waals surface area contributed by atoms with E-state index in [9.17, 15) is 0 Å². The van der Waals surface area contributed by atoms with Gasteiger partial charge in [0.25, 0.3) is 0 Å². The minimum absolute atomic E-state index is 0.106. The first-order valence-electron chi connectivity index (χ1n) is 16.8. The molecule has 0 saturated carbocycles. The van der Waals surface area contributed by atoms with Gasteiger partial charge in [0, 0.05) is 51.7 Å². The molecule has 7 rings (SSSR count). The summed E-state index contributed by atoms with van der Waals surface area (Å²) in [7, 11) is 9.63. The molecule has 2 aliphatic rings. The first-order valence-corrected chi connectivity index (χ1v) is 21.2. The van der Waals surface area contributed by atoms with Gasteiger partial charge in [-0.2, -0.15) is 0 Å². The van der Waals surface area contributed by atoms with E-state index in [0.717, 1.165) is 0 Å². The van der Waals surface area contributed by atoms with E-state index in [4.69, 9.17) is 30.7 Å². The average Bonchev–Trinajstić information content (AvgIpc) is 3.63. The van der Waals surface area contributed by atoms with Crippen LogP contribution < -0.4 is 9.80 Å². The first-order chi connectivity index (χ1) is 23.5. The monoisotopic (exact) mass is 802 g/mol. The van der Waals surface area contributed by atoms with E-state index in [-0.39, 0.29) is 15.9 Å². The molecule has 3 nitrogen and oxygen atoms in total. The number of halogens is 3. The quantitative estimate of drug-likeness (QED) is 0.126. The molecule has 4 aromatic carbocycles. The van der Waals surface area contributed by atoms with Crippen molar-refractivity contribution in [3.05, 3.63) is 142 Å². The molecule has 7 heteroatoms. The second-order valence-corrected chi connectivity index (χ2v) is 16.5. The SMILES string of the molecule is CC(C)c1cccc(C(C)C)c1N1[CH-]N(c2c(C(C)C)cccc2C(C)C)C2=C1c1cccc3cccc2c13.Clc1cccnc1.[Cl][Pd][Cl]. The molecule has 1 aliphatic carbocycles. The summed E-state index contributed by atoms with van der Waals surface area (Å²) in [5, 5.41) is 3.36. The number of rotatable bonds is 6. The molecule has 0 saturated heterocycles. The third-order valence-corrected chi connectivity index (χ3v) is 9.37. The van der Waals surface area contributed by atoms with E-state index < -0.39 is 0 Å². The Morgan fingerprint density at radius 3 is 1.27 bits per heavy atom. The zero-order valence-electron chi connectivity index (χ0n) is 29.4. The predicted octanol–water partition coefficient (Wildman–Crippen LogP) is 13.7. The zero-order valence-corrected chi connectivity index (χ0v) is 33.2. The van der Waals surface area contributed by atoms with Crippen LogP contribution >= 0.6 is 30.7 Å². The molecule has 0 amide bonds. The van der Waals surface area contributed by atoms with Crippen molar-refractivity contribution in [3.63, 3.8) is 0 Å². The van der Waals surface area contributed by atoms with Crippen LogP contribution in [0.15, 0.2) is 97.3 Å². The Morgan fingerprint density at radius 2 is 0.959 bits per heavy atom. The summed E-state index contributed by atoms with van der Waals surface area (Å²) in [6.45, 7) is 21.0. The molecule has 0 unspecified atom stereocenters. The molecular formula is C42H45Cl3N3Pd-. The molecule has 0 spiro atoms. The van der Waals surface area contributed by atoms with E-state index in [1.807, 2.05) is 0 Å². The van der Waals surface area contributed by atoms with Crippen LogP contribution in [-0.4, -0.2) is 4.98 Å². The van der Waals surface area contributed by atoms with Crippen molar-refractivity contribution in [2.75, 3.05) is 9.80 Å². The van der Waals surface area contributed by atoms with E-state index in [0.29, 0.717) is 28.7 Å². The molecule has 0 atom stereocenters. The molecule has 0 radical (unpaired) electrons. The van der Waals surface area contributed by atoms with Gasteiger partial charge in [-0.15, -0.1) is 6.67 Å². The summed E-state index contributed by atoms with van der Waals surface area (Å²) in [6, 6.07) is 31.0. The Balaban J connectivity index is 0.000000407.